The summed E-state index contributed by atoms with van der Waals surface area (Å²) < 4.78 is 16.9. The van der Waals surface area contributed by atoms with E-state index < -0.39 is 0 Å². The molecule has 3 atom stereocenters. The van der Waals surface area contributed by atoms with Crippen molar-refractivity contribution in [1.29, 1.82) is 0 Å². The van der Waals surface area contributed by atoms with Gasteiger partial charge in [0.2, 0.25) is 5.91 Å². The minimum Gasteiger partial charge on any atom is -0.491 e. The molecule has 0 radical (unpaired) electrons. The zero-order valence-electron chi connectivity index (χ0n) is 21.2. The lowest BCUT2D eigenvalue weighted by Gasteiger charge is -2.36. The number of methoxy groups -OCH3 is 2. The fraction of sp³-hybridized carbons (Fsp3) is 0.500. The van der Waals surface area contributed by atoms with Gasteiger partial charge < -0.3 is 24.4 Å². The van der Waals surface area contributed by atoms with Gasteiger partial charge in [0, 0.05) is 65.0 Å². The lowest BCUT2D eigenvalue weighted by atomic mass is 10.0. The van der Waals surface area contributed by atoms with Gasteiger partial charge in [-0.2, -0.15) is 0 Å². The molecule has 9 nitrogen and oxygen atoms in total. The number of fused-ring (bicyclic) bond motifs is 1. The number of amides is 2. The Hall–Kier alpha value is -3.01. The molecule has 2 amide bonds. The zero-order valence-corrected chi connectivity index (χ0v) is 21.2. The van der Waals surface area contributed by atoms with Gasteiger partial charge in [0.15, 0.2) is 0 Å². The summed E-state index contributed by atoms with van der Waals surface area (Å²) in [4.78, 5) is 33.7. The lowest BCUT2D eigenvalue weighted by molar-refractivity contribution is -0.119. The van der Waals surface area contributed by atoms with Crippen molar-refractivity contribution in [3.63, 3.8) is 0 Å². The molecule has 2 heterocycles. The van der Waals surface area contributed by atoms with Crippen LogP contribution in [0.5, 0.6) is 5.75 Å². The van der Waals surface area contributed by atoms with Crippen LogP contribution in [-0.2, 0) is 20.8 Å². The Morgan fingerprint density at radius 3 is 2.71 bits per heavy atom. The Bertz CT molecular complexity index is 987. The third-order valence-electron chi connectivity index (χ3n) is 6.24. The van der Waals surface area contributed by atoms with Crippen LogP contribution in [-0.4, -0.2) is 86.3 Å². The maximum Gasteiger partial charge on any atom is 0.257 e. The molecule has 0 bridgehead atoms. The number of nitrogens with one attached hydrogen (secondary N) is 1. The first-order valence-electron chi connectivity index (χ1n) is 11.8. The molecule has 2 aromatic rings. The van der Waals surface area contributed by atoms with Crippen molar-refractivity contribution < 1.29 is 23.8 Å². The monoisotopic (exact) mass is 484 g/mol. The number of aromatic nitrogens is 1. The number of benzene rings is 1. The number of carbonyl (C=O) groups excluding carboxylic acids is 2. The van der Waals surface area contributed by atoms with Crippen molar-refractivity contribution in [2.45, 2.75) is 32.5 Å². The highest BCUT2D eigenvalue weighted by Crippen LogP contribution is 2.26. The van der Waals surface area contributed by atoms with E-state index in [-0.39, 0.29) is 36.5 Å². The number of nitrogens with zero attached hydrogens (tertiary/aromatic N) is 3. The molecule has 190 valence electrons. The van der Waals surface area contributed by atoms with Gasteiger partial charge in [-0.25, -0.2) is 0 Å². The molecule has 1 aliphatic rings. The topological polar surface area (TPSA) is 93.2 Å². The summed E-state index contributed by atoms with van der Waals surface area (Å²) in [6, 6.07) is 9.17. The molecule has 0 spiro atoms. The van der Waals surface area contributed by atoms with E-state index in [2.05, 4.69) is 35.1 Å². The van der Waals surface area contributed by atoms with Crippen LogP contribution in [0.15, 0.2) is 42.7 Å². The van der Waals surface area contributed by atoms with E-state index in [1.165, 1.54) is 7.11 Å². The molecule has 1 aromatic heterocycles. The predicted octanol–water partition coefficient (Wildman–Crippen LogP) is 2.67. The van der Waals surface area contributed by atoms with E-state index >= 15 is 0 Å². The van der Waals surface area contributed by atoms with Crippen LogP contribution in [0.1, 0.15) is 29.8 Å². The van der Waals surface area contributed by atoms with Crippen LogP contribution in [0.3, 0.4) is 0 Å². The minimum absolute atomic E-state index is 0.0661. The first kappa shape index (κ1) is 26.6. The van der Waals surface area contributed by atoms with Gasteiger partial charge in [-0.15, -0.1) is 0 Å². The number of pyridine rings is 1. The number of carbonyl (C=O) groups is 2. The van der Waals surface area contributed by atoms with Crippen LogP contribution < -0.4 is 10.1 Å². The highest BCUT2D eigenvalue weighted by molar-refractivity contribution is 5.99. The van der Waals surface area contributed by atoms with Gasteiger partial charge in [-0.05, 0) is 42.7 Å². The van der Waals surface area contributed by atoms with Crippen molar-refractivity contribution in [3.05, 3.63) is 53.9 Å². The standard InChI is InChI=1S/C26H36N4O5/c1-18-13-30(14-20-7-6-10-27-12-20)19(2)16-35-23-9-8-21(28-25(31)17-33-4)11-22(23)26(32)29(3)15-24(18)34-5/h6-12,18-19,24H,13-17H2,1-5H3,(H,28,31)/t18-,19-,24+/m1/s1. The average Bonchev–Trinajstić information content (AvgIpc) is 2.85. The summed E-state index contributed by atoms with van der Waals surface area (Å²) in [6.45, 7) is 6.50. The molecule has 1 aromatic carbocycles. The fourth-order valence-electron chi connectivity index (χ4n) is 4.20. The second-order valence-corrected chi connectivity index (χ2v) is 9.08. The van der Waals surface area contributed by atoms with Crippen LogP contribution in [0.2, 0.25) is 0 Å². The van der Waals surface area contributed by atoms with Gasteiger partial charge >= 0.3 is 0 Å². The Labute approximate surface area is 207 Å². The number of hydrogen-bond donors (Lipinski definition) is 1. The first-order chi connectivity index (χ1) is 16.8. The second kappa shape index (κ2) is 12.6. The molecule has 0 unspecified atom stereocenters. The Kier molecular flexibility index (Phi) is 9.59. The number of anilines is 1. The van der Waals surface area contributed by atoms with Crippen molar-refractivity contribution >= 4 is 17.5 Å². The van der Waals surface area contributed by atoms with E-state index in [0.29, 0.717) is 30.2 Å². The maximum atomic E-state index is 13.4. The van der Waals surface area contributed by atoms with E-state index in [4.69, 9.17) is 14.2 Å². The first-order valence-corrected chi connectivity index (χ1v) is 11.8. The van der Waals surface area contributed by atoms with E-state index in [0.717, 1.165) is 18.7 Å². The third-order valence-corrected chi connectivity index (χ3v) is 6.24. The van der Waals surface area contributed by atoms with Crippen LogP contribution in [0.4, 0.5) is 5.69 Å². The summed E-state index contributed by atoms with van der Waals surface area (Å²) in [5, 5.41) is 2.76. The normalized spacial score (nSPS) is 21.9. The van der Waals surface area contributed by atoms with E-state index in [9.17, 15) is 9.59 Å². The van der Waals surface area contributed by atoms with Crippen molar-refractivity contribution in [2.75, 3.05) is 52.9 Å². The molecular formula is C26H36N4O5. The second-order valence-electron chi connectivity index (χ2n) is 9.08. The summed E-state index contributed by atoms with van der Waals surface area (Å²) in [7, 11) is 4.89. The lowest BCUT2D eigenvalue weighted by Crippen LogP contribution is -2.46. The summed E-state index contributed by atoms with van der Waals surface area (Å²) in [6.07, 6.45) is 3.50. The Morgan fingerprint density at radius 2 is 2.03 bits per heavy atom. The number of ether oxygens (including phenoxy) is 3. The van der Waals surface area contributed by atoms with Crippen molar-refractivity contribution in [3.8, 4) is 5.75 Å². The molecule has 0 saturated heterocycles. The summed E-state index contributed by atoms with van der Waals surface area (Å²) in [5.41, 5.74) is 2.01. The summed E-state index contributed by atoms with van der Waals surface area (Å²) >= 11 is 0. The SMILES string of the molecule is COCC(=O)Nc1ccc2c(c1)C(=O)N(C)C[C@H](OC)[C@H](C)CN(Cc1cccnc1)[C@H](C)CO2. The van der Waals surface area contributed by atoms with E-state index in [1.807, 2.05) is 12.3 Å². The van der Waals surface area contributed by atoms with Crippen LogP contribution >= 0.6 is 0 Å². The van der Waals surface area contributed by atoms with Gasteiger partial charge in [0.25, 0.3) is 5.91 Å². The summed E-state index contributed by atoms with van der Waals surface area (Å²) in [5.74, 6) is 0.142. The Balaban J connectivity index is 1.92. The molecule has 0 fully saturated rings. The third kappa shape index (κ3) is 7.24. The van der Waals surface area contributed by atoms with E-state index in [1.54, 1.807) is 43.5 Å². The number of hydrogen-bond acceptors (Lipinski definition) is 7. The highest BCUT2D eigenvalue weighted by atomic mass is 16.5. The maximum absolute atomic E-state index is 13.4. The average molecular weight is 485 g/mol. The molecular weight excluding hydrogens is 448 g/mol. The van der Waals surface area contributed by atoms with Gasteiger partial charge in [0.05, 0.1) is 11.7 Å². The van der Waals surface area contributed by atoms with Crippen LogP contribution in [0, 0.1) is 5.92 Å². The quantitative estimate of drug-likeness (QED) is 0.674. The largest absolute Gasteiger partial charge is 0.491 e. The van der Waals surface area contributed by atoms with Gasteiger partial charge in [-0.3, -0.25) is 19.5 Å². The van der Waals surface area contributed by atoms with Crippen LogP contribution in [0.25, 0.3) is 0 Å². The smallest absolute Gasteiger partial charge is 0.257 e. The number of rotatable bonds is 6. The molecule has 0 aliphatic carbocycles. The fourth-order valence-corrected chi connectivity index (χ4v) is 4.20. The molecule has 1 aliphatic heterocycles. The number of likely N-dealkylation sites (N-methyl/N-ethyl adjacent to an activating group) is 1. The van der Waals surface area contributed by atoms with Gasteiger partial charge in [-0.1, -0.05) is 13.0 Å². The van der Waals surface area contributed by atoms with Gasteiger partial charge in [0.1, 0.15) is 19.0 Å². The highest BCUT2D eigenvalue weighted by Gasteiger charge is 2.28. The molecule has 0 saturated carbocycles. The molecule has 1 N–H and O–H groups in total. The molecule has 9 heteroatoms. The van der Waals surface area contributed by atoms with Crippen molar-refractivity contribution in [1.82, 2.24) is 14.8 Å². The minimum atomic E-state index is -0.296. The molecule has 3 rings (SSSR count). The zero-order chi connectivity index (χ0) is 25.4. The Morgan fingerprint density at radius 1 is 1.23 bits per heavy atom. The predicted molar refractivity (Wildman–Crippen MR) is 133 cm³/mol. The molecule has 35 heavy (non-hydrogen) atoms. The van der Waals surface area contributed by atoms with Crippen molar-refractivity contribution in [2.24, 2.45) is 5.92 Å².